The minimum atomic E-state index is -1.58. The second-order valence-corrected chi connectivity index (χ2v) is 5.86. The zero-order valence-electron chi connectivity index (χ0n) is 14.7. The van der Waals surface area contributed by atoms with Crippen molar-refractivity contribution in [2.75, 3.05) is 19.6 Å². The number of piperidine rings is 1. The van der Waals surface area contributed by atoms with Crippen molar-refractivity contribution in [2.45, 2.75) is 25.6 Å². The molecule has 3 heterocycles. The smallest absolute Gasteiger partial charge is 0.687 e. The first kappa shape index (κ1) is 38.4. The molecule has 0 saturated carbocycles. The molecule has 7 N–H and O–H groups in total. The van der Waals surface area contributed by atoms with E-state index in [9.17, 15) is 4.79 Å². The first-order valence-electron chi connectivity index (χ1n) is 7.42. The molecule has 0 spiro atoms. The van der Waals surface area contributed by atoms with E-state index in [2.05, 4.69) is 10.6 Å². The Bertz CT molecular complexity index is 503. The van der Waals surface area contributed by atoms with Gasteiger partial charge in [-0.05, 0) is 12.1 Å². The second-order valence-electron chi connectivity index (χ2n) is 4.75. The number of allylic oxidation sites excluding steroid dienone is 2. The molecule has 0 aliphatic carbocycles. The molecule has 28 heavy (non-hydrogen) atoms. The molecule has 8 nitrogen and oxygen atoms in total. The fourth-order valence-electron chi connectivity index (χ4n) is 1.71. The van der Waals surface area contributed by atoms with Gasteiger partial charge in [0.1, 0.15) is 4.88 Å². The van der Waals surface area contributed by atoms with Crippen LogP contribution in [0.2, 0.25) is 0 Å². The van der Waals surface area contributed by atoms with Crippen LogP contribution in [0, 0.1) is 0 Å². The molecule has 0 unspecified atom stereocenters. The van der Waals surface area contributed by atoms with Crippen LogP contribution in [0.15, 0.2) is 36.6 Å². The molecule has 12 heteroatoms. The van der Waals surface area contributed by atoms with E-state index in [4.69, 9.17) is 15.3 Å². The molecule has 175 valence electrons. The van der Waals surface area contributed by atoms with Gasteiger partial charge in [0.05, 0.1) is 4.88 Å². The fourth-order valence-corrected chi connectivity index (χ4v) is 2.43. The average Bonchev–Trinajstić information content (AvgIpc) is 3.10. The van der Waals surface area contributed by atoms with Crippen molar-refractivity contribution in [3.05, 3.63) is 56.9 Å². The Morgan fingerprint density at radius 2 is 1.64 bits per heavy atom. The van der Waals surface area contributed by atoms with Crippen molar-refractivity contribution in [1.82, 2.24) is 0 Å². The van der Waals surface area contributed by atoms with E-state index >= 15 is 0 Å². The SMILES string of the molecule is C1=CC[N-]C=C1.C1CC[N-]CC1.O.O.O=C(O)c1ccc(C(O)O)s1.[Cu+2].[Cu].[Cu]. The number of carboxylic acid groups (broad SMARTS) is 1. The summed E-state index contributed by atoms with van der Waals surface area (Å²) < 4.78 is 0. The Morgan fingerprint density at radius 1 is 1.04 bits per heavy atom. The number of hydrogen-bond acceptors (Lipinski definition) is 4. The first-order valence-corrected chi connectivity index (χ1v) is 8.23. The van der Waals surface area contributed by atoms with Gasteiger partial charge in [-0.25, -0.2) is 4.79 Å². The number of carboxylic acids is 1. The van der Waals surface area contributed by atoms with E-state index in [0.717, 1.165) is 31.0 Å². The van der Waals surface area contributed by atoms with Gasteiger partial charge in [-0.15, -0.1) is 37.0 Å². The van der Waals surface area contributed by atoms with Crippen molar-refractivity contribution in [1.29, 1.82) is 0 Å². The number of carbonyl (C=O) groups is 1. The zero-order chi connectivity index (χ0) is 16.9. The van der Waals surface area contributed by atoms with Crippen LogP contribution in [0.25, 0.3) is 10.6 Å². The first-order chi connectivity index (χ1) is 11.1. The third kappa shape index (κ3) is 19.1. The Balaban J connectivity index is -0.0000000914. The second kappa shape index (κ2) is 24.8. The van der Waals surface area contributed by atoms with Crippen LogP contribution >= 0.6 is 11.3 Å². The quantitative estimate of drug-likeness (QED) is 0.367. The van der Waals surface area contributed by atoms with Crippen LogP contribution < -0.4 is 0 Å². The Labute approximate surface area is 200 Å². The van der Waals surface area contributed by atoms with E-state index in [1.807, 2.05) is 18.2 Å². The molecule has 3 rings (SSSR count). The van der Waals surface area contributed by atoms with Crippen molar-refractivity contribution in [3.8, 4) is 0 Å². The monoisotopic (exact) mass is 563 g/mol. The molecule has 2 aliphatic heterocycles. The summed E-state index contributed by atoms with van der Waals surface area (Å²) in [4.78, 5) is 10.6. The van der Waals surface area contributed by atoms with Gasteiger partial charge in [0.15, 0.2) is 6.29 Å². The number of nitrogens with zero attached hydrogens (tertiary/aromatic N) is 2. The Kier molecular flexibility index (Phi) is 34.1. The molecular formula is C16H26Cu3N2O6S. The zero-order valence-corrected chi connectivity index (χ0v) is 18.4. The fraction of sp³-hybridized carbons (Fsp3) is 0.438. The predicted octanol–water partition coefficient (Wildman–Crippen LogP) is 1.76. The molecule has 0 aromatic carbocycles. The van der Waals surface area contributed by atoms with Crippen molar-refractivity contribution < 1.29 is 82.3 Å². The van der Waals surface area contributed by atoms with E-state index in [1.165, 1.54) is 31.4 Å². The number of aliphatic hydroxyl groups is 2. The Hall–Kier alpha value is -0.192. The van der Waals surface area contributed by atoms with Crippen molar-refractivity contribution in [3.63, 3.8) is 0 Å². The van der Waals surface area contributed by atoms with Gasteiger partial charge in [-0.1, -0.05) is 31.4 Å². The van der Waals surface area contributed by atoms with Crippen molar-refractivity contribution >= 4 is 17.3 Å². The van der Waals surface area contributed by atoms with Gasteiger partial charge in [0.25, 0.3) is 0 Å². The standard InChI is InChI=1S/C6H6O4S.C5H10N.C5H6N.3Cu.2H2O/c7-5(8)3-1-2-4(11-3)6(9)10;2*1-2-4-6-5-3-1;;;;;/h1-2,5,7-8H,(H,9,10);1-5H2;1-4H,5H2;;;;2*1H2/q;2*-1;;;+2;;. The molecule has 1 saturated heterocycles. The van der Waals surface area contributed by atoms with Gasteiger partial charge < -0.3 is 36.9 Å². The number of aromatic carboxylic acids is 1. The number of thiophene rings is 1. The van der Waals surface area contributed by atoms with E-state index in [-0.39, 0.29) is 71.9 Å². The van der Waals surface area contributed by atoms with Crippen LogP contribution in [0.3, 0.4) is 0 Å². The summed E-state index contributed by atoms with van der Waals surface area (Å²) in [5.41, 5.74) is 0. The summed E-state index contributed by atoms with van der Waals surface area (Å²) in [6.07, 6.45) is 10.2. The summed E-state index contributed by atoms with van der Waals surface area (Å²) in [5.74, 6) is -1.05. The van der Waals surface area contributed by atoms with Crippen molar-refractivity contribution in [2.24, 2.45) is 0 Å². The summed E-state index contributed by atoms with van der Waals surface area (Å²) in [6, 6.07) is 2.71. The minimum absolute atomic E-state index is 0. The molecule has 3 radical (unpaired) electrons. The summed E-state index contributed by atoms with van der Waals surface area (Å²) >= 11 is 0.850. The molecule has 1 aromatic heterocycles. The van der Waals surface area contributed by atoms with E-state index in [0.29, 0.717) is 0 Å². The van der Waals surface area contributed by atoms with E-state index < -0.39 is 12.3 Å². The van der Waals surface area contributed by atoms with Gasteiger partial charge in [0.2, 0.25) is 0 Å². The van der Waals surface area contributed by atoms with E-state index in [1.54, 1.807) is 6.20 Å². The minimum Gasteiger partial charge on any atom is -0.687 e. The maximum absolute atomic E-state index is 10.3. The molecular weight excluding hydrogens is 539 g/mol. The topological polar surface area (TPSA) is 169 Å². The van der Waals surface area contributed by atoms with Crippen LogP contribution in [0.1, 0.15) is 40.1 Å². The molecule has 0 amide bonds. The van der Waals surface area contributed by atoms with Gasteiger partial charge >= 0.3 is 23.0 Å². The number of hydrogen-bond donors (Lipinski definition) is 3. The summed E-state index contributed by atoms with van der Waals surface area (Å²) in [5, 5.41) is 33.7. The van der Waals surface area contributed by atoms with Gasteiger partial charge in [-0.2, -0.15) is 6.20 Å². The number of rotatable bonds is 2. The largest absolute Gasteiger partial charge is 2.00 e. The maximum atomic E-state index is 10.3. The average molecular weight is 565 g/mol. The van der Waals surface area contributed by atoms with Gasteiger partial charge in [0, 0.05) is 34.1 Å². The summed E-state index contributed by atoms with van der Waals surface area (Å²) in [6.45, 7) is 3.11. The van der Waals surface area contributed by atoms with Crippen LogP contribution in [0.4, 0.5) is 0 Å². The summed E-state index contributed by atoms with van der Waals surface area (Å²) in [7, 11) is 0. The molecule has 0 atom stereocenters. The normalized spacial score (nSPS) is 13.0. The third-order valence-electron chi connectivity index (χ3n) is 2.87. The van der Waals surface area contributed by atoms with Crippen LogP contribution in [-0.2, 0) is 51.2 Å². The number of aliphatic hydroxyl groups excluding tert-OH is 1. The van der Waals surface area contributed by atoms with Gasteiger partial charge in [-0.3, -0.25) is 0 Å². The maximum Gasteiger partial charge on any atom is 2.00 e. The molecule has 0 bridgehead atoms. The Morgan fingerprint density at radius 3 is 1.82 bits per heavy atom. The molecule has 1 aromatic rings. The predicted molar refractivity (Wildman–Crippen MR) is 99.1 cm³/mol. The van der Waals surface area contributed by atoms with Crippen LogP contribution in [0.5, 0.6) is 0 Å². The molecule has 1 fully saturated rings. The third-order valence-corrected chi connectivity index (χ3v) is 3.99. The molecule has 2 aliphatic rings. The van der Waals surface area contributed by atoms with Crippen LogP contribution in [-0.4, -0.2) is 51.9 Å².